The number of tetrazole rings is 1. The summed E-state index contributed by atoms with van der Waals surface area (Å²) < 4.78 is 14.8. The molecule has 6 aromatic rings. The number of aliphatic hydroxyl groups excluding tert-OH is 1. The molecule has 1 aliphatic heterocycles. The van der Waals surface area contributed by atoms with Crippen molar-refractivity contribution in [3.8, 4) is 11.4 Å². The van der Waals surface area contributed by atoms with Crippen molar-refractivity contribution in [2.75, 3.05) is 11.1 Å². The van der Waals surface area contributed by atoms with Gasteiger partial charge in [-0.3, -0.25) is 9.78 Å². The van der Waals surface area contributed by atoms with Gasteiger partial charge in [-0.2, -0.15) is 4.68 Å². The van der Waals surface area contributed by atoms with Crippen LogP contribution in [0.5, 0.6) is 5.75 Å². The summed E-state index contributed by atoms with van der Waals surface area (Å²) >= 11 is 1.45. The molecule has 0 saturated carbocycles. The number of phenols is 1. The highest BCUT2D eigenvalue weighted by Crippen LogP contribution is 2.43. The van der Waals surface area contributed by atoms with E-state index in [0.29, 0.717) is 27.6 Å². The van der Waals surface area contributed by atoms with Crippen molar-refractivity contribution in [1.82, 2.24) is 30.2 Å². The fourth-order valence-corrected chi connectivity index (χ4v) is 6.57. The van der Waals surface area contributed by atoms with Gasteiger partial charge in [-0.1, -0.05) is 67.2 Å². The van der Waals surface area contributed by atoms with E-state index in [1.165, 1.54) is 18.0 Å². The summed E-state index contributed by atoms with van der Waals surface area (Å²) in [6, 6.07) is 29.1. The Labute approximate surface area is 279 Å². The molecule has 0 bridgehead atoms. The standard InChI is InChI=1S/C35H31N7O5S/c1-21-31(20-48-35-39-40-41-42(35)26-13-15-27(44)16-14-26)46-34(47-32(21)23-11-9-22(19-43)10-12-23)24-5-4-6-25(17-24)37-33(45)30-18-36-28-7-2-3-8-29(28)38-30/h2-18,21,31-32,34,43-44H,19-20H2,1H3,(H,37,45). The van der Waals surface area contributed by atoms with E-state index in [4.69, 9.17) is 9.47 Å². The second-order valence-corrected chi connectivity index (χ2v) is 12.3. The van der Waals surface area contributed by atoms with Gasteiger partial charge in [-0.25, -0.2) is 4.98 Å². The Morgan fingerprint density at radius 3 is 2.52 bits per heavy atom. The van der Waals surface area contributed by atoms with Crippen LogP contribution in [0, 0.1) is 5.92 Å². The van der Waals surface area contributed by atoms with Crippen LogP contribution >= 0.6 is 11.8 Å². The number of carbonyl (C=O) groups excluding carboxylic acids is 1. The molecular formula is C35H31N7O5S. The largest absolute Gasteiger partial charge is 0.508 e. The average molecular weight is 662 g/mol. The predicted octanol–water partition coefficient (Wildman–Crippen LogP) is 5.64. The minimum absolute atomic E-state index is 0.0502. The van der Waals surface area contributed by atoms with Crippen LogP contribution in [0.25, 0.3) is 16.7 Å². The molecule has 3 heterocycles. The molecular weight excluding hydrogens is 630 g/mol. The fourth-order valence-electron chi connectivity index (χ4n) is 5.52. The number of nitrogens with zero attached hydrogens (tertiary/aromatic N) is 6. The quantitative estimate of drug-likeness (QED) is 0.165. The number of phenolic OH excluding ortho intramolecular Hbond substituents is 1. The highest BCUT2D eigenvalue weighted by atomic mass is 32.2. The van der Waals surface area contributed by atoms with Gasteiger partial charge in [0, 0.05) is 22.9 Å². The zero-order valence-electron chi connectivity index (χ0n) is 25.7. The Balaban J connectivity index is 1.13. The van der Waals surface area contributed by atoms with Crippen LogP contribution in [0.4, 0.5) is 5.69 Å². The highest BCUT2D eigenvalue weighted by molar-refractivity contribution is 7.99. The first-order chi connectivity index (χ1) is 23.4. The Morgan fingerprint density at radius 2 is 1.73 bits per heavy atom. The molecule has 0 aliphatic carbocycles. The number of rotatable bonds is 9. The van der Waals surface area contributed by atoms with Crippen LogP contribution in [0.3, 0.4) is 0 Å². The summed E-state index contributed by atoms with van der Waals surface area (Å²) in [6.45, 7) is 2.03. The summed E-state index contributed by atoms with van der Waals surface area (Å²) in [5, 5.41) is 35.0. The lowest BCUT2D eigenvalue weighted by atomic mass is 9.91. The summed E-state index contributed by atoms with van der Waals surface area (Å²) in [4.78, 5) is 22.0. The third-order valence-electron chi connectivity index (χ3n) is 8.13. The Kier molecular flexibility index (Phi) is 9.07. The minimum Gasteiger partial charge on any atom is -0.508 e. The second-order valence-electron chi connectivity index (χ2n) is 11.3. The minimum atomic E-state index is -0.750. The van der Waals surface area contributed by atoms with Crippen LogP contribution in [0.15, 0.2) is 108 Å². The van der Waals surface area contributed by atoms with E-state index in [-0.39, 0.29) is 42.1 Å². The number of aliphatic hydroxyl groups is 1. The molecule has 48 heavy (non-hydrogen) atoms. The molecule has 2 aromatic heterocycles. The lowest BCUT2D eigenvalue weighted by Gasteiger charge is -2.41. The number of para-hydroxylation sites is 2. The fraction of sp³-hybridized carbons (Fsp3) is 0.200. The number of nitrogens with one attached hydrogen (secondary N) is 1. The van der Waals surface area contributed by atoms with Crippen molar-refractivity contribution >= 4 is 34.4 Å². The smallest absolute Gasteiger partial charge is 0.275 e. The number of ether oxygens (including phenoxy) is 2. The molecule has 0 radical (unpaired) electrons. The topological polar surface area (TPSA) is 157 Å². The first-order valence-corrected chi connectivity index (χ1v) is 16.3. The normalized spacial score (nSPS) is 19.3. The van der Waals surface area contributed by atoms with E-state index >= 15 is 0 Å². The molecule has 4 atom stereocenters. The van der Waals surface area contributed by atoms with Crippen molar-refractivity contribution in [2.45, 2.75) is 37.2 Å². The van der Waals surface area contributed by atoms with E-state index < -0.39 is 6.29 Å². The number of anilines is 1. The van der Waals surface area contributed by atoms with Gasteiger partial charge in [-0.15, -0.1) is 5.10 Å². The molecule has 242 valence electrons. The lowest BCUT2D eigenvalue weighted by Crippen LogP contribution is -2.38. The molecule has 13 heteroatoms. The molecule has 7 rings (SSSR count). The number of benzene rings is 4. The lowest BCUT2D eigenvalue weighted by molar-refractivity contribution is -0.268. The van der Waals surface area contributed by atoms with E-state index in [0.717, 1.165) is 22.4 Å². The molecule has 1 saturated heterocycles. The SMILES string of the molecule is CC1C(CSc2nnnn2-c2ccc(O)cc2)OC(c2cccc(NC(=O)c3cnc4ccccc4n3)c2)OC1c1ccc(CO)cc1. The van der Waals surface area contributed by atoms with Gasteiger partial charge >= 0.3 is 0 Å². The number of fused-ring (bicyclic) bond motifs is 1. The number of hydrogen-bond acceptors (Lipinski definition) is 11. The number of aromatic nitrogens is 6. The van der Waals surface area contributed by atoms with Crippen molar-refractivity contribution in [2.24, 2.45) is 5.92 Å². The molecule has 1 aliphatic rings. The summed E-state index contributed by atoms with van der Waals surface area (Å²) in [6.07, 6.45) is 0.0943. The number of hydrogen-bond donors (Lipinski definition) is 3. The molecule has 4 unspecified atom stereocenters. The molecule has 3 N–H and O–H groups in total. The van der Waals surface area contributed by atoms with Crippen LogP contribution in [-0.2, 0) is 16.1 Å². The van der Waals surface area contributed by atoms with Crippen LogP contribution in [0.1, 0.15) is 46.5 Å². The molecule has 4 aromatic carbocycles. The maximum atomic E-state index is 13.1. The summed E-state index contributed by atoms with van der Waals surface area (Å²) in [5.41, 5.74) is 5.31. The second kappa shape index (κ2) is 13.9. The summed E-state index contributed by atoms with van der Waals surface area (Å²) in [7, 11) is 0. The van der Waals surface area contributed by atoms with E-state index in [9.17, 15) is 15.0 Å². The highest BCUT2D eigenvalue weighted by Gasteiger charge is 2.38. The first kappa shape index (κ1) is 31.4. The number of aromatic hydroxyl groups is 1. The first-order valence-electron chi connectivity index (χ1n) is 15.3. The van der Waals surface area contributed by atoms with Crippen LogP contribution in [-0.4, -0.2) is 58.2 Å². The van der Waals surface area contributed by atoms with Gasteiger partial charge in [0.25, 0.3) is 5.91 Å². The predicted molar refractivity (Wildman–Crippen MR) is 178 cm³/mol. The van der Waals surface area contributed by atoms with Crippen molar-refractivity contribution in [1.29, 1.82) is 0 Å². The summed E-state index contributed by atoms with van der Waals surface area (Å²) in [5.74, 6) is 0.218. The van der Waals surface area contributed by atoms with Crippen molar-refractivity contribution in [3.05, 3.63) is 126 Å². The zero-order valence-corrected chi connectivity index (χ0v) is 26.6. The number of thioether (sulfide) groups is 1. The molecule has 12 nitrogen and oxygen atoms in total. The van der Waals surface area contributed by atoms with Gasteiger partial charge in [0.1, 0.15) is 11.4 Å². The van der Waals surface area contributed by atoms with E-state index in [1.807, 2.05) is 66.7 Å². The third kappa shape index (κ3) is 6.75. The Bertz CT molecular complexity index is 2040. The van der Waals surface area contributed by atoms with Gasteiger partial charge in [-0.05, 0) is 70.1 Å². The molecule has 1 fully saturated rings. The monoisotopic (exact) mass is 661 g/mol. The van der Waals surface area contributed by atoms with Gasteiger partial charge < -0.3 is 25.0 Å². The molecule has 1 amide bonds. The maximum Gasteiger partial charge on any atom is 0.275 e. The average Bonchev–Trinajstić information content (AvgIpc) is 3.60. The third-order valence-corrected chi connectivity index (χ3v) is 9.14. The number of carbonyl (C=O) groups is 1. The number of amides is 1. The molecule has 0 spiro atoms. The van der Waals surface area contributed by atoms with Gasteiger partial charge in [0.2, 0.25) is 5.16 Å². The van der Waals surface area contributed by atoms with Crippen molar-refractivity contribution in [3.63, 3.8) is 0 Å². The van der Waals surface area contributed by atoms with E-state index in [1.54, 1.807) is 35.0 Å². The Hall–Kier alpha value is -5.21. The van der Waals surface area contributed by atoms with E-state index in [2.05, 4.69) is 37.7 Å². The Morgan fingerprint density at radius 1 is 0.938 bits per heavy atom. The van der Waals surface area contributed by atoms with Gasteiger partial charge in [0.05, 0.1) is 41.7 Å². The van der Waals surface area contributed by atoms with Crippen LogP contribution < -0.4 is 5.32 Å². The van der Waals surface area contributed by atoms with Crippen molar-refractivity contribution < 1.29 is 24.5 Å². The van der Waals surface area contributed by atoms with Gasteiger partial charge in [0.15, 0.2) is 6.29 Å². The van der Waals surface area contributed by atoms with Crippen LogP contribution in [0.2, 0.25) is 0 Å². The maximum absolute atomic E-state index is 13.1. The zero-order chi connectivity index (χ0) is 33.0.